The van der Waals surface area contributed by atoms with Crippen LogP contribution in [0.15, 0.2) is 0 Å². The first-order valence-corrected chi connectivity index (χ1v) is 8.19. The van der Waals surface area contributed by atoms with E-state index in [1.165, 1.54) is 0 Å². The molecule has 1 amide bonds. The fourth-order valence-electron chi connectivity index (χ4n) is 2.38. The van der Waals surface area contributed by atoms with Crippen molar-refractivity contribution < 1.29 is 14.7 Å². The number of carboxylic acid groups (broad SMARTS) is 1. The highest BCUT2D eigenvalue weighted by molar-refractivity contribution is 8.00. The van der Waals surface area contributed by atoms with Gasteiger partial charge in [0.2, 0.25) is 5.91 Å². The van der Waals surface area contributed by atoms with Crippen LogP contribution in [0.3, 0.4) is 0 Å². The summed E-state index contributed by atoms with van der Waals surface area (Å²) < 4.78 is 0. The fraction of sp³-hybridized carbons (Fsp3) is 0.857. The number of amides is 1. The molecule has 0 saturated carbocycles. The molecule has 0 spiro atoms. The molecule has 1 saturated heterocycles. The highest BCUT2D eigenvalue weighted by Gasteiger charge is 2.42. The molecule has 110 valence electrons. The van der Waals surface area contributed by atoms with Crippen LogP contribution >= 0.6 is 11.8 Å². The van der Waals surface area contributed by atoms with E-state index in [1.54, 1.807) is 16.7 Å². The first kappa shape index (κ1) is 16.3. The van der Waals surface area contributed by atoms with Gasteiger partial charge < -0.3 is 10.0 Å². The Bertz CT molecular complexity index is 320. The zero-order chi connectivity index (χ0) is 14.4. The maximum atomic E-state index is 12.3. The maximum Gasteiger partial charge on any atom is 0.327 e. The van der Waals surface area contributed by atoms with Crippen molar-refractivity contribution >= 4 is 23.6 Å². The van der Waals surface area contributed by atoms with Crippen molar-refractivity contribution in [3.63, 3.8) is 0 Å². The minimum atomic E-state index is -0.877. The first-order valence-electron chi connectivity index (χ1n) is 7.14. The molecule has 0 aliphatic carbocycles. The monoisotopic (exact) mass is 287 g/mol. The molecule has 1 fully saturated rings. The van der Waals surface area contributed by atoms with Gasteiger partial charge in [-0.25, -0.2) is 4.79 Å². The topological polar surface area (TPSA) is 57.6 Å². The summed E-state index contributed by atoms with van der Waals surface area (Å²) in [5, 5.41) is 9.25. The van der Waals surface area contributed by atoms with E-state index < -0.39 is 12.0 Å². The third kappa shape index (κ3) is 4.41. The van der Waals surface area contributed by atoms with Gasteiger partial charge in [-0.05, 0) is 12.3 Å². The summed E-state index contributed by atoms with van der Waals surface area (Å²) in [6, 6.07) is -0.643. The van der Waals surface area contributed by atoms with Gasteiger partial charge in [0.25, 0.3) is 0 Å². The van der Waals surface area contributed by atoms with E-state index in [0.717, 1.165) is 25.7 Å². The van der Waals surface area contributed by atoms with Gasteiger partial charge in [0, 0.05) is 12.2 Å². The molecule has 0 radical (unpaired) electrons. The summed E-state index contributed by atoms with van der Waals surface area (Å²) in [5.74, 6) is -0.0718. The highest BCUT2D eigenvalue weighted by atomic mass is 32.2. The van der Waals surface area contributed by atoms with Crippen LogP contribution in [0.2, 0.25) is 0 Å². The molecule has 1 aliphatic heterocycles. The zero-order valence-corrected chi connectivity index (χ0v) is 12.9. The molecule has 5 heteroatoms. The summed E-state index contributed by atoms with van der Waals surface area (Å²) in [6.45, 7) is 6.21. The van der Waals surface area contributed by atoms with Gasteiger partial charge >= 0.3 is 5.97 Å². The fourth-order valence-corrected chi connectivity index (χ4v) is 3.87. The largest absolute Gasteiger partial charge is 0.480 e. The molecule has 0 aromatic carbocycles. The lowest BCUT2D eigenvalue weighted by molar-refractivity contribution is -0.149. The summed E-state index contributed by atoms with van der Waals surface area (Å²) in [4.78, 5) is 25.2. The average Bonchev–Trinajstić information content (AvgIpc) is 2.79. The Labute approximate surface area is 119 Å². The van der Waals surface area contributed by atoms with E-state index in [9.17, 15) is 14.7 Å². The predicted molar refractivity (Wildman–Crippen MR) is 78.1 cm³/mol. The normalized spacial score (nSPS) is 23.1. The number of hydrogen-bond donors (Lipinski definition) is 1. The number of thioether (sulfide) groups is 1. The van der Waals surface area contributed by atoms with Crippen molar-refractivity contribution in [2.45, 2.75) is 64.3 Å². The standard InChI is InChI=1S/C14H25NO3S/c1-4-5-6-7-8-12(16)15-11(14(17)18)9-19-13(15)10(2)3/h10-11,13H,4-9H2,1-3H3,(H,17,18). The second-order valence-electron chi connectivity index (χ2n) is 5.43. The third-order valence-electron chi connectivity index (χ3n) is 3.42. The Morgan fingerprint density at radius 2 is 2.00 bits per heavy atom. The minimum absolute atomic E-state index is 0.00667. The summed E-state index contributed by atoms with van der Waals surface area (Å²) in [7, 11) is 0. The number of aliphatic carboxylic acids is 1. The zero-order valence-electron chi connectivity index (χ0n) is 12.1. The van der Waals surface area contributed by atoms with Crippen molar-refractivity contribution in [3.05, 3.63) is 0 Å². The van der Waals surface area contributed by atoms with Crippen LogP contribution in [0.5, 0.6) is 0 Å². The Hall–Kier alpha value is -0.710. The Morgan fingerprint density at radius 3 is 2.53 bits per heavy atom. The summed E-state index contributed by atoms with van der Waals surface area (Å²) >= 11 is 1.59. The highest BCUT2D eigenvalue weighted by Crippen LogP contribution is 2.34. The van der Waals surface area contributed by atoms with Crippen molar-refractivity contribution in [1.82, 2.24) is 4.90 Å². The smallest absolute Gasteiger partial charge is 0.327 e. The van der Waals surface area contributed by atoms with Crippen molar-refractivity contribution in [1.29, 1.82) is 0 Å². The van der Waals surface area contributed by atoms with Crippen LogP contribution in [0, 0.1) is 5.92 Å². The van der Waals surface area contributed by atoms with Crippen LogP contribution in [-0.4, -0.2) is 39.1 Å². The molecule has 0 aromatic heterocycles. The van der Waals surface area contributed by atoms with Crippen LogP contribution in [0.25, 0.3) is 0 Å². The van der Waals surface area contributed by atoms with Gasteiger partial charge in [-0.2, -0.15) is 0 Å². The SMILES string of the molecule is CCCCCCC(=O)N1C(C(=O)O)CSC1C(C)C. The molecule has 4 nitrogen and oxygen atoms in total. The lowest BCUT2D eigenvalue weighted by atomic mass is 10.1. The molecule has 1 N–H and O–H groups in total. The molecule has 2 unspecified atom stereocenters. The van der Waals surface area contributed by atoms with E-state index in [-0.39, 0.29) is 17.2 Å². The molecular formula is C14H25NO3S. The van der Waals surface area contributed by atoms with Crippen molar-refractivity contribution in [2.75, 3.05) is 5.75 Å². The van der Waals surface area contributed by atoms with Crippen LogP contribution < -0.4 is 0 Å². The predicted octanol–water partition coefficient (Wildman–Crippen LogP) is 2.97. The quantitative estimate of drug-likeness (QED) is 0.731. The molecule has 2 atom stereocenters. The van der Waals surface area contributed by atoms with Crippen molar-refractivity contribution in [2.24, 2.45) is 5.92 Å². The van der Waals surface area contributed by atoms with Gasteiger partial charge in [-0.1, -0.05) is 40.0 Å². The number of nitrogens with zero attached hydrogens (tertiary/aromatic N) is 1. The lowest BCUT2D eigenvalue weighted by Gasteiger charge is -2.29. The molecule has 1 aliphatic rings. The summed E-state index contributed by atoms with van der Waals surface area (Å²) in [5.41, 5.74) is 0. The van der Waals surface area contributed by atoms with E-state index in [1.807, 2.05) is 13.8 Å². The van der Waals surface area contributed by atoms with Gasteiger partial charge in [-0.15, -0.1) is 11.8 Å². The number of carboxylic acids is 1. The molecule has 0 bridgehead atoms. The molecule has 1 heterocycles. The Balaban J connectivity index is 2.62. The molecule has 1 rings (SSSR count). The van der Waals surface area contributed by atoms with Crippen LogP contribution in [0.1, 0.15) is 52.9 Å². The lowest BCUT2D eigenvalue weighted by Crippen LogP contribution is -2.47. The Kier molecular flexibility index (Phi) is 6.69. The van der Waals surface area contributed by atoms with Gasteiger partial charge in [-0.3, -0.25) is 4.79 Å². The van der Waals surface area contributed by atoms with Crippen molar-refractivity contribution in [3.8, 4) is 0 Å². The van der Waals surface area contributed by atoms with E-state index in [4.69, 9.17) is 0 Å². The average molecular weight is 287 g/mol. The van der Waals surface area contributed by atoms with Crippen LogP contribution in [0.4, 0.5) is 0 Å². The number of carbonyl (C=O) groups excluding carboxylic acids is 1. The van der Waals surface area contributed by atoms with E-state index in [0.29, 0.717) is 12.2 Å². The Morgan fingerprint density at radius 1 is 1.32 bits per heavy atom. The molecular weight excluding hydrogens is 262 g/mol. The first-order chi connectivity index (χ1) is 8.99. The van der Waals surface area contributed by atoms with Gasteiger partial charge in [0.1, 0.15) is 6.04 Å². The minimum Gasteiger partial charge on any atom is -0.480 e. The van der Waals surface area contributed by atoms with E-state index in [2.05, 4.69) is 6.92 Å². The maximum absolute atomic E-state index is 12.3. The number of carbonyl (C=O) groups is 2. The molecule has 0 aromatic rings. The van der Waals surface area contributed by atoms with Crippen LogP contribution in [-0.2, 0) is 9.59 Å². The van der Waals surface area contributed by atoms with Gasteiger partial charge in [0.15, 0.2) is 0 Å². The van der Waals surface area contributed by atoms with E-state index >= 15 is 0 Å². The molecule has 19 heavy (non-hydrogen) atoms. The number of unbranched alkanes of at least 4 members (excludes halogenated alkanes) is 3. The third-order valence-corrected chi connectivity index (χ3v) is 5.04. The number of hydrogen-bond acceptors (Lipinski definition) is 3. The second kappa shape index (κ2) is 7.78. The second-order valence-corrected chi connectivity index (χ2v) is 6.58. The van der Waals surface area contributed by atoms with Gasteiger partial charge in [0.05, 0.1) is 5.37 Å². The number of rotatable bonds is 7. The summed E-state index contributed by atoms with van der Waals surface area (Å²) in [6.07, 6.45) is 4.67.